The highest BCUT2D eigenvalue weighted by Gasteiger charge is 2.31. The molecule has 0 saturated carbocycles. The molecule has 100 valence electrons. The number of benzene rings is 2. The number of hydrogen-bond donors (Lipinski definition) is 1. The van der Waals surface area contributed by atoms with E-state index in [4.69, 9.17) is 5.73 Å². The molecule has 0 spiro atoms. The fourth-order valence-electron chi connectivity index (χ4n) is 2.03. The predicted octanol–water partition coefficient (Wildman–Crippen LogP) is 4.14. The lowest BCUT2D eigenvalue weighted by molar-refractivity contribution is -0.137. The van der Waals surface area contributed by atoms with Crippen molar-refractivity contribution in [1.29, 1.82) is 0 Å². The molecule has 0 aromatic heterocycles. The van der Waals surface area contributed by atoms with E-state index in [1.165, 1.54) is 6.07 Å². The largest absolute Gasteiger partial charge is 0.416 e. The van der Waals surface area contributed by atoms with Crippen LogP contribution in [0.3, 0.4) is 0 Å². The lowest BCUT2D eigenvalue weighted by Crippen LogP contribution is -2.07. The van der Waals surface area contributed by atoms with Gasteiger partial charge >= 0.3 is 6.18 Å². The summed E-state index contributed by atoms with van der Waals surface area (Å²) >= 11 is 0. The highest BCUT2D eigenvalue weighted by Crippen LogP contribution is 2.34. The van der Waals surface area contributed by atoms with Crippen molar-refractivity contribution in [3.63, 3.8) is 0 Å². The summed E-state index contributed by atoms with van der Waals surface area (Å²) in [6.07, 6.45) is -4.36. The average molecular weight is 265 g/mol. The molecule has 1 nitrogen and oxygen atoms in total. The Hall–Kier alpha value is -1.81. The van der Waals surface area contributed by atoms with E-state index in [1.54, 1.807) is 6.07 Å². The molecule has 2 rings (SSSR count). The third-order valence-corrected chi connectivity index (χ3v) is 3.01. The monoisotopic (exact) mass is 265 g/mol. The van der Waals surface area contributed by atoms with Gasteiger partial charge in [0.25, 0.3) is 0 Å². The molecule has 2 aromatic rings. The van der Waals surface area contributed by atoms with Crippen LogP contribution in [0.25, 0.3) is 11.1 Å². The number of halogens is 3. The molecular weight excluding hydrogens is 251 g/mol. The van der Waals surface area contributed by atoms with Gasteiger partial charge in [-0.1, -0.05) is 24.3 Å². The normalized spacial score (nSPS) is 11.6. The van der Waals surface area contributed by atoms with Crippen molar-refractivity contribution >= 4 is 0 Å². The zero-order valence-electron chi connectivity index (χ0n) is 10.5. The van der Waals surface area contributed by atoms with Crippen LogP contribution in [0.1, 0.15) is 16.7 Å². The Kier molecular flexibility index (Phi) is 3.62. The van der Waals surface area contributed by atoms with E-state index in [0.29, 0.717) is 11.1 Å². The lowest BCUT2D eigenvalue weighted by Gasteiger charge is -2.13. The minimum Gasteiger partial charge on any atom is -0.326 e. The minimum absolute atomic E-state index is 0.0861. The summed E-state index contributed by atoms with van der Waals surface area (Å²) < 4.78 is 38.6. The molecule has 0 fully saturated rings. The topological polar surface area (TPSA) is 26.0 Å². The van der Waals surface area contributed by atoms with E-state index >= 15 is 0 Å². The van der Waals surface area contributed by atoms with Crippen molar-refractivity contribution in [2.24, 2.45) is 5.73 Å². The maximum atomic E-state index is 12.9. The van der Waals surface area contributed by atoms with Gasteiger partial charge in [-0.2, -0.15) is 13.2 Å². The van der Waals surface area contributed by atoms with Crippen LogP contribution < -0.4 is 5.73 Å². The van der Waals surface area contributed by atoms with Crippen LogP contribution in [0, 0.1) is 6.92 Å². The van der Waals surface area contributed by atoms with Gasteiger partial charge in [0, 0.05) is 6.54 Å². The second-order valence-corrected chi connectivity index (χ2v) is 4.44. The summed E-state index contributed by atoms with van der Waals surface area (Å²) in [6.45, 7) is 1.96. The van der Waals surface area contributed by atoms with E-state index in [2.05, 4.69) is 0 Å². The summed E-state index contributed by atoms with van der Waals surface area (Å²) in [6, 6.07) is 11.3. The van der Waals surface area contributed by atoms with Crippen LogP contribution >= 0.6 is 0 Å². The van der Waals surface area contributed by atoms with E-state index in [0.717, 1.165) is 17.2 Å². The number of aryl methyl sites for hydroxylation is 1. The highest BCUT2D eigenvalue weighted by molar-refractivity contribution is 5.68. The van der Waals surface area contributed by atoms with Crippen molar-refractivity contribution in [2.45, 2.75) is 19.6 Å². The number of alkyl halides is 3. The standard InChI is InChI=1S/C15H14F3N/c1-10-4-2-3-5-14(10)12-6-11(9-19)7-13(8-12)15(16,17)18/h2-8H,9,19H2,1H3. The molecule has 0 heterocycles. The van der Waals surface area contributed by atoms with Crippen molar-refractivity contribution in [1.82, 2.24) is 0 Å². The Labute approximate surface area is 109 Å². The van der Waals surface area contributed by atoms with Gasteiger partial charge in [0.2, 0.25) is 0 Å². The van der Waals surface area contributed by atoms with E-state index in [-0.39, 0.29) is 6.54 Å². The summed E-state index contributed by atoms with van der Waals surface area (Å²) in [5, 5.41) is 0. The number of nitrogens with two attached hydrogens (primary N) is 1. The van der Waals surface area contributed by atoms with Gasteiger partial charge in [-0.05, 0) is 47.4 Å². The Morgan fingerprint density at radius 2 is 1.74 bits per heavy atom. The Bertz CT molecular complexity index is 588. The van der Waals surface area contributed by atoms with Crippen molar-refractivity contribution < 1.29 is 13.2 Å². The SMILES string of the molecule is Cc1ccccc1-c1cc(CN)cc(C(F)(F)F)c1. The molecule has 0 aliphatic rings. The Morgan fingerprint density at radius 1 is 1.05 bits per heavy atom. The predicted molar refractivity (Wildman–Crippen MR) is 69.5 cm³/mol. The minimum atomic E-state index is -4.36. The lowest BCUT2D eigenvalue weighted by atomic mass is 9.96. The first-order valence-corrected chi connectivity index (χ1v) is 5.89. The molecule has 0 aliphatic carbocycles. The van der Waals surface area contributed by atoms with Crippen LogP contribution in [-0.2, 0) is 12.7 Å². The van der Waals surface area contributed by atoms with Crippen LogP contribution in [0.2, 0.25) is 0 Å². The Balaban J connectivity index is 2.61. The van der Waals surface area contributed by atoms with Gasteiger partial charge in [0.05, 0.1) is 5.56 Å². The molecule has 4 heteroatoms. The highest BCUT2D eigenvalue weighted by atomic mass is 19.4. The van der Waals surface area contributed by atoms with Gasteiger partial charge in [0.15, 0.2) is 0 Å². The van der Waals surface area contributed by atoms with Crippen molar-refractivity contribution in [3.8, 4) is 11.1 Å². The smallest absolute Gasteiger partial charge is 0.326 e. The second-order valence-electron chi connectivity index (χ2n) is 4.44. The molecule has 0 saturated heterocycles. The maximum Gasteiger partial charge on any atom is 0.416 e. The molecule has 19 heavy (non-hydrogen) atoms. The number of rotatable bonds is 2. The molecule has 0 unspecified atom stereocenters. The van der Waals surface area contributed by atoms with Gasteiger partial charge in [-0.3, -0.25) is 0 Å². The molecule has 0 radical (unpaired) electrons. The summed E-state index contributed by atoms with van der Waals surface area (Å²) in [4.78, 5) is 0. The molecule has 0 bridgehead atoms. The molecular formula is C15H14F3N. The third kappa shape index (κ3) is 2.96. The molecule has 2 N–H and O–H groups in total. The zero-order valence-corrected chi connectivity index (χ0v) is 10.5. The third-order valence-electron chi connectivity index (χ3n) is 3.01. The molecule has 0 aliphatic heterocycles. The van der Waals surface area contributed by atoms with Crippen LogP contribution in [0.4, 0.5) is 13.2 Å². The van der Waals surface area contributed by atoms with Crippen LogP contribution in [0.5, 0.6) is 0 Å². The van der Waals surface area contributed by atoms with Gasteiger partial charge in [-0.25, -0.2) is 0 Å². The van der Waals surface area contributed by atoms with E-state index < -0.39 is 11.7 Å². The Morgan fingerprint density at radius 3 is 2.32 bits per heavy atom. The molecule has 2 aromatic carbocycles. The van der Waals surface area contributed by atoms with E-state index in [1.807, 2.05) is 31.2 Å². The molecule has 0 atom stereocenters. The first-order chi connectivity index (χ1) is 8.91. The quantitative estimate of drug-likeness (QED) is 0.867. The zero-order chi connectivity index (χ0) is 14.0. The molecule has 0 amide bonds. The average Bonchev–Trinajstić information content (AvgIpc) is 2.37. The number of hydrogen-bond acceptors (Lipinski definition) is 1. The van der Waals surface area contributed by atoms with Crippen LogP contribution in [-0.4, -0.2) is 0 Å². The van der Waals surface area contributed by atoms with Gasteiger partial charge in [0.1, 0.15) is 0 Å². The second kappa shape index (κ2) is 5.05. The summed E-state index contributed by atoms with van der Waals surface area (Å²) in [7, 11) is 0. The first-order valence-electron chi connectivity index (χ1n) is 5.89. The van der Waals surface area contributed by atoms with Crippen molar-refractivity contribution in [3.05, 3.63) is 59.2 Å². The maximum absolute atomic E-state index is 12.9. The fourth-order valence-corrected chi connectivity index (χ4v) is 2.03. The van der Waals surface area contributed by atoms with E-state index in [9.17, 15) is 13.2 Å². The van der Waals surface area contributed by atoms with Crippen molar-refractivity contribution in [2.75, 3.05) is 0 Å². The van der Waals surface area contributed by atoms with Crippen LogP contribution in [0.15, 0.2) is 42.5 Å². The summed E-state index contributed by atoms with van der Waals surface area (Å²) in [5.74, 6) is 0. The van der Waals surface area contributed by atoms with Gasteiger partial charge < -0.3 is 5.73 Å². The summed E-state index contributed by atoms with van der Waals surface area (Å²) in [5.41, 5.74) is 7.58. The van der Waals surface area contributed by atoms with Gasteiger partial charge in [-0.15, -0.1) is 0 Å². The first kappa shape index (κ1) is 13.6. The fraction of sp³-hybridized carbons (Fsp3) is 0.200.